The lowest BCUT2D eigenvalue weighted by Gasteiger charge is -2.43. The summed E-state index contributed by atoms with van der Waals surface area (Å²) < 4.78 is 0. The smallest absolute Gasteiger partial charge is 0.243 e. The zero-order valence-electron chi connectivity index (χ0n) is 15.0. The number of carbonyl (C=O) groups excluding carboxylic acids is 1. The van der Waals surface area contributed by atoms with Crippen molar-refractivity contribution in [1.82, 2.24) is 15.5 Å². The maximum atomic E-state index is 11.7. The van der Waals surface area contributed by atoms with Gasteiger partial charge in [-0.3, -0.25) is 4.79 Å². The van der Waals surface area contributed by atoms with Crippen LogP contribution in [-0.2, 0) is 4.79 Å². The van der Waals surface area contributed by atoms with Gasteiger partial charge in [0, 0.05) is 27.2 Å². The van der Waals surface area contributed by atoms with Crippen molar-refractivity contribution in [2.45, 2.75) is 52.9 Å². The number of likely N-dealkylation sites (N-methyl/N-ethyl adjacent to an activating group) is 1. The molecule has 0 spiro atoms. The summed E-state index contributed by atoms with van der Waals surface area (Å²) in [6.45, 7) is 8.74. The number of hydrogen-bond acceptors (Lipinski definition) is 2. The molecule has 128 valence electrons. The van der Waals surface area contributed by atoms with Crippen molar-refractivity contribution in [2.75, 3.05) is 33.7 Å². The first-order valence-corrected chi connectivity index (χ1v) is 8.61. The summed E-state index contributed by atoms with van der Waals surface area (Å²) in [5.41, 5.74) is 0.425. The molecule has 0 unspecified atom stereocenters. The van der Waals surface area contributed by atoms with Crippen LogP contribution in [0.15, 0.2) is 4.99 Å². The summed E-state index contributed by atoms with van der Waals surface area (Å²) in [4.78, 5) is 17.7. The molecule has 5 nitrogen and oxygen atoms in total. The van der Waals surface area contributed by atoms with Crippen LogP contribution in [0, 0.1) is 11.3 Å². The zero-order valence-corrected chi connectivity index (χ0v) is 15.0. The Kier molecular flexibility index (Phi) is 7.69. The Labute approximate surface area is 135 Å². The Bertz CT molecular complexity index is 373. The van der Waals surface area contributed by atoms with E-state index in [9.17, 15) is 4.79 Å². The van der Waals surface area contributed by atoms with Gasteiger partial charge in [-0.05, 0) is 37.0 Å². The predicted molar refractivity (Wildman–Crippen MR) is 93.0 cm³/mol. The normalized spacial score (nSPS) is 17.1. The third kappa shape index (κ3) is 6.24. The van der Waals surface area contributed by atoms with Crippen molar-refractivity contribution in [3.05, 3.63) is 0 Å². The highest BCUT2D eigenvalue weighted by Crippen LogP contribution is 2.45. The minimum absolute atomic E-state index is 0.0261. The van der Waals surface area contributed by atoms with Gasteiger partial charge in [0.15, 0.2) is 5.96 Å². The van der Waals surface area contributed by atoms with E-state index in [1.807, 2.05) is 0 Å². The molecule has 0 aromatic carbocycles. The number of carbonyl (C=O) groups is 1. The minimum Gasteiger partial charge on any atom is -0.356 e. The SMILES string of the molecule is CCCNC(=NCC(=O)N(C)C)NCC1(CC(C)C)CCC1. The molecular formula is C17H34N4O. The van der Waals surface area contributed by atoms with Gasteiger partial charge in [0.05, 0.1) is 0 Å². The molecule has 1 aliphatic carbocycles. The van der Waals surface area contributed by atoms with E-state index in [1.165, 1.54) is 25.7 Å². The number of guanidine groups is 1. The molecule has 5 heteroatoms. The summed E-state index contributed by atoms with van der Waals surface area (Å²) in [5, 5.41) is 6.77. The fraction of sp³-hybridized carbons (Fsp3) is 0.882. The Hall–Kier alpha value is -1.26. The zero-order chi connectivity index (χ0) is 16.6. The molecule has 0 atom stereocenters. The number of rotatable bonds is 8. The molecule has 2 N–H and O–H groups in total. The van der Waals surface area contributed by atoms with Gasteiger partial charge in [0.2, 0.25) is 5.91 Å². The predicted octanol–water partition coefficient (Wildman–Crippen LogP) is 2.24. The Morgan fingerprint density at radius 1 is 1.27 bits per heavy atom. The molecule has 0 aromatic heterocycles. The molecule has 0 bridgehead atoms. The average Bonchev–Trinajstić information content (AvgIpc) is 2.42. The van der Waals surface area contributed by atoms with Crippen LogP contribution < -0.4 is 10.6 Å². The molecule has 1 fully saturated rings. The lowest BCUT2D eigenvalue weighted by atomic mass is 9.64. The molecule has 1 amide bonds. The van der Waals surface area contributed by atoms with Gasteiger partial charge >= 0.3 is 0 Å². The van der Waals surface area contributed by atoms with E-state index < -0.39 is 0 Å². The minimum atomic E-state index is 0.0261. The second-order valence-electron chi connectivity index (χ2n) is 7.18. The molecule has 1 rings (SSSR count). The van der Waals surface area contributed by atoms with Crippen molar-refractivity contribution in [3.63, 3.8) is 0 Å². The number of aliphatic imine (C=N–C) groups is 1. The molecule has 22 heavy (non-hydrogen) atoms. The van der Waals surface area contributed by atoms with Crippen molar-refractivity contribution in [1.29, 1.82) is 0 Å². The Balaban J connectivity index is 2.56. The third-order valence-corrected chi connectivity index (χ3v) is 4.30. The first-order valence-electron chi connectivity index (χ1n) is 8.61. The van der Waals surface area contributed by atoms with Crippen LogP contribution in [0.4, 0.5) is 0 Å². The molecule has 0 radical (unpaired) electrons. The highest BCUT2D eigenvalue weighted by atomic mass is 16.2. The summed E-state index contributed by atoms with van der Waals surface area (Å²) in [6.07, 6.45) is 6.24. The van der Waals surface area contributed by atoms with Gasteiger partial charge in [0.25, 0.3) is 0 Å². The standard InChI is InChI=1S/C17H34N4O/c1-6-10-18-16(19-12-15(22)21(4)5)20-13-17(8-7-9-17)11-14(2)3/h14H,6-13H2,1-5H3,(H2,18,19,20). The Morgan fingerprint density at radius 3 is 2.41 bits per heavy atom. The van der Waals surface area contributed by atoms with E-state index in [0.29, 0.717) is 5.41 Å². The lowest BCUT2D eigenvalue weighted by Crippen LogP contribution is -2.47. The molecule has 0 saturated heterocycles. The van der Waals surface area contributed by atoms with E-state index in [2.05, 4.69) is 36.4 Å². The van der Waals surface area contributed by atoms with E-state index in [-0.39, 0.29) is 12.5 Å². The summed E-state index contributed by atoms with van der Waals surface area (Å²) >= 11 is 0. The molecule has 1 saturated carbocycles. The van der Waals surface area contributed by atoms with Crippen LogP contribution in [0.25, 0.3) is 0 Å². The van der Waals surface area contributed by atoms with Crippen LogP contribution >= 0.6 is 0 Å². The third-order valence-electron chi connectivity index (χ3n) is 4.30. The maximum absolute atomic E-state index is 11.7. The van der Waals surface area contributed by atoms with Crippen molar-refractivity contribution in [2.24, 2.45) is 16.3 Å². The molecule has 1 aliphatic rings. The van der Waals surface area contributed by atoms with Crippen LogP contribution in [0.1, 0.15) is 52.9 Å². The van der Waals surface area contributed by atoms with E-state index in [1.54, 1.807) is 19.0 Å². The van der Waals surface area contributed by atoms with Crippen molar-refractivity contribution >= 4 is 11.9 Å². The second-order valence-corrected chi connectivity index (χ2v) is 7.18. The second kappa shape index (κ2) is 9.01. The summed E-state index contributed by atoms with van der Waals surface area (Å²) in [6, 6.07) is 0. The van der Waals surface area contributed by atoms with Crippen LogP contribution in [0.2, 0.25) is 0 Å². The van der Waals surface area contributed by atoms with E-state index in [0.717, 1.165) is 31.4 Å². The molecular weight excluding hydrogens is 276 g/mol. The quantitative estimate of drug-likeness (QED) is 0.534. The average molecular weight is 310 g/mol. The van der Waals surface area contributed by atoms with Gasteiger partial charge in [-0.25, -0.2) is 4.99 Å². The summed E-state index contributed by atoms with van der Waals surface area (Å²) in [5.74, 6) is 1.52. The topological polar surface area (TPSA) is 56.7 Å². The molecule has 0 aliphatic heterocycles. The largest absolute Gasteiger partial charge is 0.356 e. The maximum Gasteiger partial charge on any atom is 0.243 e. The van der Waals surface area contributed by atoms with Crippen LogP contribution in [0.3, 0.4) is 0 Å². The Morgan fingerprint density at radius 2 is 1.95 bits per heavy atom. The molecule has 0 aromatic rings. The number of nitrogens with zero attached hydrogens (tertiary/aromatic N) is 2. The van der Waals surface area contributed by atoms with Crippen molar-refractivity contribution in [3.8, 4) is 0 Å². The number of amides is 1. The van der Waals surface area contributed by atoms with Gasteiger partial charge in [-0.15, -0.1) is 0 Å². The van der Waals surface area contributed by atoms with Crippen LogP contribution in [-0.4, -0.2) is 50.5 Å². The lowest BCUT2D eigenvalue weighted by molar-refractivity contribution is -0.127. The highest BCUT2D eigenvalue weighted by molar-refractivity contribution is 5.84. The van der Waals surface area contributed by atoms with Gasteiger partial charge in [-0.2, -0.15) is 0 Å². The highest BCUT2D eigenvalue weighted by Gasteiger charge is 2.37. The monoisotopic (exact) mass is 310 g/mol. The fourth-order valence-electron chi connectivity index (χ4n) is 2.97. The van der Waals surface area contributed by atoms with Crippen LogP contribution in [0.5, 0.6) is 0 Å². The van der Waals surface area contributed by atoms with Gasteiger partial charge in [-0.1, -0.05) is 27.2 Å². The number of hydrogen-bond donors (Lipinski definition) is 2. The number of nitrogens with one attached hydrogen (secondary N) is 2. The van der Waals surface area contributed by atoms with E-state index >= 15 is 0 Å². The first-order chi connectivity index (χ1) is 10.4. The van der Waals surface area contributed by atoms with Gasteiger partial charge in [0.1, 0.15) is 6.54 Å². The van der Waals surface area contributed by atoms with Crippen molar-refractivity contribution < 1.29 is 4.79 Å². The van der Waals surface area contributed by atoms with Gasteiger partial charge < -0.3 is 15.5 Å². The fourth-order valence-corrected chi connectivity index (χ4v) is 2.97. The molecule has 0 heterocycles. The first kappa shape index (κ1) is 18.8. The summed E-state index contributed by atoms with van der Waals surface area (Å²) in [7, 11) is 3.52. The van der Waals surface area contributed by atoms with E-state index in [4.69, 9.17) is 0 Å².